The minimum Gasteiger partial charge on any atom is -0.480 e. The molecule has 1 saturated heterocycles. The van der Waals surface area contributed by atoms with E-state index in [2.05, 4.69) is 10.3 Å². The zero-order valence-electron chi connectivity index (χ0n) is 12.2. The van der Waals surface area contributed by atoms with Crippen molar-refractivity contribution in [2.75, 3.05) is 26.2 Å². The van der Waals surface area contributed by atoms with Gasteiger partial charge in [-0.2, -0.15) is 0 Å². The van der Waals surface area contributed by atoms with Crippen molar-refractivity contribution < 1.29 is 14.7 Å². The summed E-state index contributed by atoms with van der Waals surface area (Å²) in [7, 11) is 0. The zero-order valence-corrected chi connectivity index (χ0v) is 12.2. The number of aromatic nitrogens is 1. The Labute approximate surface area is 124 Å². The van der Waals surface area contributed by atoms with Crippen LogP contribution in [0.2, 0.25) is 0 Å². The molecule has 1 unspecified atom stereocenters. The Kier molecular flexibility index (Phi) is 5.27. The lowest BCUT2D eigenvalue weighted by Gasteiger charge is -2.32. The van der Waals surface area contributed by atoms with Crippen molar-refractivity contribution in [1.29, 1.82) is 0 Å². The lowest BCUT2D eigenvalue weighted by atomic mass is 9.97. The maximum atomic E-state index is 12.5. The molecule has 6 heteroatoms. The molecule has 2 rings (SSSR count). The van der Waals surface area contributed by atoms with Crippen LogP contribution in [0.3, 0.4) is 0 Å². The fourth-order valence-corrected chi connectivity index (χ4v) is 2.66. The number of carbonyl (C=O) groups excluding carboxylic acids is 1. The summed E-state index contributed by atoms with van der Waals surface area (Å²) in [5.74, 6) is -0.593. The third kappa shape index (κ3) is 4.26. The van der Waals surface area contributed by atoms with Gasteiger partial charge in [0.05, 0.1) is 6.54 Å². The summed E-state index contributed by atoms with van der Waals surface area (Å²) in [5, 5.41) is 11.5. The Bertz CT molecular complexity index is 519. The molecule has 2 heterocycles. The predicted molar refractivity (Wildman–Crippen MR) is 78.1 cm³/mol. The molecular weight excluding hydrogens is 270 g/mol. The molecule has 1 aromatic heterocycles. The SMILES string of the molecule is Cc1cccnc1C(=O)N1CCCC(CNCC(=O)O)C1. The molecule has 21 heavy (non-hydrogen) atoms. The molecule has 1 atom stereocenters. The molecule has 114 valence electrons. The zero-order chi connectivity index (χ0) is 15.2. The fourth-order valence-electron chi connectivity index (χ4n) is 2.66. The molecular formula is C15H21N3O3. The Morgan fingerprint density at radius 1 is 1.52 bits per heavy atom. The first kappa shape index (κ1) is 15.4. The van der Waals surface area contributed by atoms with Crippen LogP contribution in [0.4, 0.5) is 0 Å². The molecule has 0 bridgehead atoms. The average molecular weight is 291 g/mol. The van der Waals surface area contributed by atoms with Crippen molar-refractivity contribution in [1.82, 2.24) is 15.2 Å². The summed E-state index contributed by atoms with van der Waals surface area (Å²) in [4.78, 5) is 29.0. The van der Waals surface area contributed by atoms with Crippen LogP contribution < -0.4 is 5.32 Å². The maximum absolute atomic E-state index is 12.5. The highest BCUT2D eigenvalue weighted by Crippen LogP contribution is 2.18. The minimum atomic E-state index is -0.858. The number of pyridine rings is 1. The smallest absolute Gasteiger partial charge is 0.317 e. The largest absolute Gasteiger partial charge is 0.480 e. The third-order valence-corrected chi connectivity index (χ3v) is 3.73. The molecule has 0 aliphatic carbocycles. The second-order valence-electron chi connectivity index (χ2n) is 5.45. The summed E-state index contributed by atoms with van der Waals surface area (Å²) in [5.41, 5.74) is 1.39. The first-order valence-corrected chi connectivity index (χ1v) is 7.21. The van der Waals surface area contributed by atoms with Crippen molar-refractivity contribution in [2.45, 2.75) is 19.8 Å². The average Bonchev–Trinajstić information content (AvgIpc) is 2.47. The Morgan fingerprint density at radius 3 is 3.05 bits per heavy atom. The second-order valence-corrected chi connectivity index (χ2v) is 5.45. The van der Waals surface area contributed by atoms with Crippen LogP contribution in [0.5, 0.6) is 0 Å². The van der Waals surface area contributed by atoms with Crippen LogP contribution in [0, 0.1) is 12.8 Å². The fraction of sp³-hybridized carbons (Fsp3) is 0.533. The van der Waals surface area contributed by atoms with Crippen molar-refractivity contribution in [3.8, 4) is 0 Å². The Balaban J connectivity index is 1.93. The number of amides is 1. The molecule has 0 saturated carbocycles. The van der Waals surface area contributed by atoms with Crippen molar-refractivity contribution >= 4 is 11.9 Å². The van der Waals surface area contributed by atoms with E-state index in [0.717, 1.165) is 24.9 Å². The molecule has 2 N–H and O–H groups in total. The molecule has 6 nitrogen and oxygen atoms in total. The van der Waals surface area contributed by atoms with Gasteiger partial charge in [-0.05, 0) is 37.3 Å². The first-order chi connectivity index (χ1) is 10.1. The van der Waals surface area contributed by atoms with E-state index >= 15 is 0 Å². The summed E-state index contributed by atoms with van der Waals surface area (Å²) < 4.78 is 0. The van der Waals surface area contributed by atoms with Gasteiger partial charge in [-0.3, -0.25) is 14.6 Å². The van der Waals surface area contributed by atoms with E-state index in [-0.39, 0.29) is 12.5 Å². The number of rotatable bonds is 5. The highest BCUT2D eigenvalue weighted by molar-refractivity contribution is 5.93. The van der Waals surface area contributed by atoms with Crippen LogP contribution in [0.25, 0.3) is 0 Å². The number of piperidine rings is 1. The lowest BCUT2D eigenvalue weighted by molar-refractivity contribution is -0.136. The van der Waals surface area contributed by atoms with Crippen LogP contribution in [-0.4, -0.2) is 53.0 Å². The minimum absolute atomic E-state index is 0.0314. The van der Waals surface area contributed by atoms with Gasteiger partial charge in [-0.15, -0.1) is 0 Å². The van der Waals surface area contributed by atoms with E-state index in [1.807, 2.05) is 24.0 Å². The summed E-state index contributed by atoms with van der Waals surface area (Å²) >= 11 is 0. The van der Waals surface area contributed by atoms with E-state index in [0.29, 0.717) is 24.7 Å². The van der Waals surface area contributed by atoms with Gasteiger partial charge in [-0.25, -0.2) is 0 Å². The van der Waals surface area contributed by atoms with Crippen molar-refractivity contribution in [3.05, 3.63) is 29.6 Å². The van der Waals surface area contributed by atoms with Crippen molar-refractivity contribution in [3.63, 3.8) is 0 Å². The van der Waals surface area contributed by atoms with Gasteiger partial charge in [0.25, 0.3) is 5.91 Å². The lowest BCUT2D eigenvalue weighted by Crippen LogP contribution is -2.43. The number of carbonyl (C=O) groups is 2. The molecule has 1 aliphatic rings. The summed E-state index contributed by atoms with van der Waals surface area (Å²) in [6.07, 6.45) is 3.59. The van der Waals surface area contributed by atoms with Crippen LogP contribution >= 0.6 is 0 Å². The van der Waals surface area contributed by atoms with Gasteiger partial charge >= 0.3 is 5.97 Å². The number of carboxylic acid groups (broad SMARTS) is 1. The number of carboxylic acids is 1. The number of aryl methyl sites for hydroxylation is 1. The van der Waals surface area contributed by atoms with Gasteiger partial charge in [0.15, 0.2) is 0 Å². The molecule has 1 amide bonds. The monoisotopic (exact) mass is 291 g/mol. The first-order valence-electron chi connectivity index (χ1n) is 7.21. The number of likely N-dealkylation sites (tertiary alicyclic amines) is 1. The maximum Gasteiger partial charge on any atom is 0.317 e. The number of nitrogens with one attached hydrogen (secondary N) is 1. The van der Waals surface area contributed by atoms with Crippen molar-refractivity contribution in [2.24, 2.45) is 5.92 Å². The third-order valence-electron chi connectivity index (χ3n) is 3.73. The standard InChI is InChI=1S/C15H21N3O3/c1-11-4-2-6-17-14(11)15(21)18-7-3-5-12(10-18)8-16-9-13(19)20/h2,4,6,12,16H,3,5,7-10H2,1H3,(H,19,20). The second kappa shape index (κ2) is 7.17. The summed E-state index contributed by atoms with van der Waals surface area (Å²) in [6.45, 7) is 3.86. The predicted octanol–water partition coefficient (Wildman–Crippen LogP) is 0.916. The van der Waals surface area contributed by atoms with E-state index in [1.165, 1.54) is 0 Å². The normalized spacial score (nSPS) is 18.5. The van der Waals surface area contributed by atoms with Gasteiger partial charge < -0.3 is 15.3 Å². The van der Waals surface area contributed by atoms with Gasteiger partial charge in [0.2, 0.25) is 0 Å². The van der Waals surface area contributed by atoms with E-state index in [4.69, 9.17) is 5.11 Å². The quantitative estimate of drug-likeness (QED) is 0.843. The molecule has 1 aromatic rings. The van der Waals surface area contributed by atoms with E-state index in [9.17, 15) is 9.59 Å². The molecule has 0 spiro atoms. The van der Waals surface area contributed by atoms with E-state index < -0.39 is 5.97 Å². The van der Waals surface area contributed by atoms with Crippen LogP contribution in [0.15, 0.2) is 18.3 Å². The number of aliphatic carboxylic acids is 1. The van der Waals surface area contributed by atoms with Gasteiger partial charge in [0.1, 0.15) is 5.69 Å². The number of hydrogen-bond acceptors (Lipinski definition) is 4. The van der Waals surface area contributed by atoms with Gasteiger partial charge in [0, 0.05) is 25.8 Å². The topological polar surface area (TPSA) is 82.5 Å². The molecule has 1 aliphatic heterocycles. The van der Waals surface area contributed by atoms with Crippen LogP contribution in [-0.2, 0) is 4.79 Å². The Morgan fingerprint density at radius 2 is 2.33 bits per heavy atom. The molecule has 1 fully saturated rings. The highest BCUT2D eigenvalue weighted by atomic mass is 16.4. The highest BCUT2D eigenvalue weighted by Gasteiger charge is 2.25. The Hall–Kier alpha value is -1.95. The summed E-state index contributed by atoms with van der Waals surface area (Å²) in [6, 6.07) is 3.71. The number of hydrogen-bond donors (Lipinski definition) is 2. The molecule has 0 aromatic carbocycles. The number of nitrogens with zero attached hydrogens (tertiary/aromatic N) is 2. The molecule has 0 radical (unpaired) electrons. The van der Waals surface area contributed by atoms with Gasteiger partial charge in [-0.1, -0.05) is 6.07 Å². The van der Waals surface area contributed by atoms with Crippen LogP contribution in [0.1, 0.15) is 28.9 Å². The van der Waals surface area contributed by atoms with E-state index in [1.54, 1.807) is 6.20 Å².